The summed E-state index contributed by atoms with van der Waals surface area (Å²) >= 11 is 6.03. The molecule has 1 fully saturated rings. The maximum absolute atomic E-state index is 11.6. The Kier molecular flexibility index (Phi) is 6.11. The number of hydrogen-bond donors (Lipinski definition) is 2. The molecule has 0 saturated heterocycles. The molecule has 1 rings (SSSR count). The smallest absolute Gasteiger partial charge is 0.408 e. The number of halogens is 1. The van der Waals surface area contributed by atoms with Crippen molar-refractivity contribution in [3.8, 4) is 0 Å². The summed E-state index contributed by atoms with van der Waals surface area (Å²) in [5.74, 6) is -0.732. The van der Waals surface area contributed by atoms with Gasteiger partial charge in [0, 0.05) is 5.38 Å². The van der Waals surface area contributed by atoms with Crippen LogP contribution in [0.15, 0.2) is 0 Å². The lowest BCUT2D eigenvalue weighted by Crippen LogP contribution is -2.44. The van der Waals surface area contributed by atoms with Crippen molar-refractivity contribution in [2.24, 2.45) is 5.92 Å². The fraction of sp³-hybridized carbons (Fsp3) is 0.857. The van der Waals surface area contributed by atoms with Crippen LogP contribution in [0.5, 0.6) is 0 Å². The molecule has 1 aliphatic carbocycles. The maximum atomic E-state index is 11.6. The number of rotatable bonds is 4. The van der Waals surface area contributed by atoms with Gasteiger partial charge in [0.25, 0.3) is 0 Å². The monoisotopic (exact) mass is 305 g/mol. The highest BCUT2D eigenvalue weighted by atomic mass is 35.5. The number of carboxylic acid groups (broad SMARTS) is 1. The molecule has 0 heterocycles. The van der Waals surface area contributed by atoms with Gasteiger partial charge in [-0.15, -0.1) is 11.6 Å². The Bertz CT molecular complexity index is 346. The maximum Gasteiger partial charge on any atom is 0.408 e. The lowest BCUT2D eigenvalue weighted by molar-refractivity contribution is -0.140. The van der Waals surface area contributed by atoms with Gasteiger partial charge in [-0.1, -0.05) is 0 Å². The summed E-state index contributed by atoms with van der Waals surface area (Å²) in [5, 5.41) is 11.8. The van der Waals surface area contributed by atoms with E-state index in [1.807, 2.05) is 0 Å². The average molecular weight is 306 g/mol. The van der Waals surface area contributed by atoms with E-state index in [2.05, 4.69) is 5.32 Å². The Labute approximate surface area is 125 Å². The van der Waals surface area contributed by atoms with Crippen LogP contribution < -0.4 is 5.32 Å². The van der Waals surface area contributed by atoms with E-state index in [0.29, 0.717) is 12.3 Å². The number of ether oxygens (including phenoxy) is 1. The predicted molar refractivity (Wildman–Crippen MR) is 77.0 cm³/mol. The molecule has 6 heteroatoms. The third-order valence-electron chi connectivity index (χ3n) is 3.33. The van der Waals surface area contributed by atoms with E-state index in [9.17, 15) is 14.7 Å². The van der Waals surface area contributed by atoms with Crippen molar-refractivity contribution in [3.05, 3.63) is 0 Å². The Morgan fingerprint density at radius 1 is 1.30 bits per heavy atom. The molecule has 0 aromatic carbocycles. The Morgan fingerprint density at radius 3 is 2.30 bits per heavy atom. The minimum Gasteiger partial charge on any atom is -0.480 e. The fourth-order valence-electron chi connectivity index (χ4n) is 2.36. The number of alkyl carbamates (subject to hydrolysis) is 1. The third-order valence-corrected chi connectivity index (χ3v) is 3.77. The average Bonchev–Trinajstić information content (AvgIpc) is 2.28. The van der Waals surface area contributed by atoms with Gasteiger partial charge in [-0.05, 0) is 58.8 Å². The second kappa shape index (κ2) is 7.16. The highest BCUT2D eigenvalue weighted by Crippen LogP contribution is 2.30. The number of carboxylic acids is 1. The van der Waals surface area contributed by atoms with Gasteiger partial charge in [0.2, 0.25) is 0 Å². The number of hydrogen-bond acceptors (Lipinski definition) is 3. The van der Waals surface area contributed by atoms with Crippen molar-refractivity contribution in [2.45, 2.75) is 69.9 Å². The molecular formula is C14H24ClNO4. The molecule has 0 aliphatic heterocycles. The van der Waals surface area contributed by atoms with Gasteiger partial charge >= 0.3 is 12.1 Å². The second-order valence-corrected chi connectivity index (χ2v) is 7.01. The van der Waals surface area contributed by atoms with Crippen molar-refractivity contribution >= 4 is 23.7 Å². The first-order valence-corrected chi connectivity index (χ1v) is 7.47. The molecule has 0 unspecified atom stereocenters. The van der Waals surface area contributed by atoms with Crippen LogP contribution >= 0.6 is 11.6 Å². The van der Waals surface area contributed by atoms with Crippen molar-refractivity contribution < 1.29 is 19.4 Å². The molecule has 1 amide bonds. The normalized spacial score (nSPS) is 24.8. The summed E-state index contributed by atoms with van der Waals surface area (Å²) in [6, 6.07) is -0.901. The summed E-state index contributed by atoms with van der Waals surface area (Å²) < 4.78 is 5.09. The van der Waals surface area contributed by atoms with E-state index >= 15 is 0 Å². The lowest BCUT2D eigenvalue weighted by atomic mass is 9.84. The van der Waals surface area contributed by atoms with Gasteiger partial charge in [0.05, 0.1) is 0 Å². The predicted octanol–water partition coefficient (Wildman–Crippen LogP) is 3.15. The van der Waals surface area contributed by atoms with Crippen molar-refractivity contribution in [2.75, 3.05) is 0 Å². The molecule has 20 heavy (non-hydrogen) atoms. The number of carbonyl (C=O) groups excluding carboxylic acids is 1. The van der Waals surface area contributed by atoms with E-state index in [1.165, 1.54) is 0 Å². The van der Waals surface area contributed by atoms with Gasteiger partial charge in [-0.2, -0.15) is 0 Å². The first-order chi connectivity index (χ1) is 9.17. The van der Waals surface area contributed by atoms with Crippen molar-refractivity contribution in [3.63, 3.8) is 0 Å². The quantitative estimate of drug-likeness (QED) is 0.782. The molecular weight excluding hydrogens is 282 g/mol. The number of aliphatic carboxylic acids is 1. The third kappa shape index (κ3) is 6.46. The van der Waals surface area contributed by atoms with Crippen molar-refractivity contribution in [1.29, 1.82) is 0 Å². The first kappa shape index (κ1) is 17.1. The zero-order valence-electron chi connectivity index (χ0n) is 12.3. The van der Waals surface area contributed by atoms with E-state index in [0.717, 1.165) is 25.7 Å². The summed E-state index contributed by atoms with van der Waals surface area (Å²) in [6.07, 6.45) is 3.38. The zero-order chi connectivity index (χ0) is 15.3. The van der Waals surface area contributed by atoms with E-state index in [-0.39, 0.29) is 5.38 Å². The van der Waals surface area contributed by atoms with Crippen LogP contribution in [0.1, 0.15) is 52.9 Å². The molecule has 1 saturated carbocycles. The summed E-state index contributed by atoms with van der Waals surface area (Å²) in [5.41, 5.74) is -0.635. The fourth-order valence-corrected chi connectivity index (χ4v) is 2.61. The van der Waals surface area contributed by atoms with Crippen LogP contribution in [-0.2, 0) is 9.53 Å². The second-order valence-electron chi connectivity index (χ2n) is 6.39. The standard InChI is InChI=1S/C14H24ClNO4/c1-14(2,3)20-13(19)16-11(12(17)18)8-9-4-6-10(15)7-5-9/h9-11H,4-8H2,1-3H3,(H,16,19)(H,17,18)/t9?,10?,11-/m0/s1. The summed E-state index contributed by atoms with van der Waals surface area (Å²) in [4.78, 5) is 22.9. The highest BCUT2D eigenvalue weighted by molar-refractivity contribution is 6.20. The largest absolute Gasteiger partial charge is 0.480 e. The van der Waals surface area contributed by atoms with E-state index in [4.69, 9.17) is 16.3 Å². The molecule has 0 bridgehead atoms. The van der Waals surface area contributed by atoms with Gasteiger partial charge in [-0.3, -0.25) is 0 Å². The van der Waals surface area contributed by atoms with Crippen LogP contribution in [0.25, 0.3) is 0 Å². The minimum atomic E-state index is -1.02. The molecule has 5 nitrogen and oxygen atoms in total. The number of alkyl halides is 1. The Morgan fingerprint density at radius 2 is 1.85 bits per heavy atom. The minimum absolute atomic E-state index is 0.202. The Hall–Kier alpha value is -0.970. The number of nitrogens with one attached hydrogen (secondary N) is 1. The topological polar surface area (TPSA) is 75.6 Å². The first-order valence-electron chi connectivity index (χ1n) is 7.04. The molecule has 1 aliphatic rings. The molecule has 2 N–H and O–H groups in total. The molecule has 116 valence electrons. The van der Waals surface area contributed by atoms with Crippen LogP contribution in [0, 0.1) is 5.92 Å². The SMILES string of the molecule is CC(C)(C)OC(=O)N[C@@H](CC1CCC(Cl)CC1)C(=O)O. The lowest BCUT2D eigenvalue weighted by Gasteiger charge is -2.28. The van der Waals surface area contributed by atoms with Crippen molar-refractivity contribution in [1.82, 2.24) is 5.32 Å². The number of amides is 1. The van der Waals surface area contributed by atoms with E-state index < -0.39 is 23.7 Å². The van der Waals surface area contributed by atoms with Gasteiger partial charge < -0.3 is 15.2 Å². The number of carbonyl (C=O) groups is 2. The van der Waals surface area contributed by atoms with Crippen LogP contribution in [-0.4, -0.2) is 34.2 Å². The van der Waals surface area contributed by atoms with Gasteiger partial charge in [0.1, 0.15) is 11.6 Å². The molecule has 0 radical (unpaired) electrons. The van der Waals surface area contributed by atoms with Gasteiger partial charge in [-0.25, -0.2) is 9.59 Å². The Balaban J connectivity index is 2.48. The zero-order valence-corrected chi connectivity index (χ0v) is 13.1. The highest BCUT2D eigenvalue weighted by Gasteiger charge is 2.28. The molecule has 0 spiro atoms. The van der Waals surface area contributed by atoms with Gasteiger partial charge in [0.15, 0.2) is 0 Å². The molecule has 1 atom stereocenters. The molecule has 0 aromatic heterocycles. The summed E-state index contributed by atoms with van der Waals surface area (Å²) in [7, 11) is 0. The molecule has 0 aromatic rings. The van der Waals surface area contributed by atoms with E-state index in [1.54, 1.807) is 20.8 Å². The summed E-state index contributed by atoms with van der Waals surface area (Å²) in [6.45, 7) is 5.22. The van der Waals surface area contributed by atoms with Crippen LogP contribution in [0.2, 0.25) is 0 Å². The van der Waals surface area contributed by atoms with Crippen LogP contribution in [0.3, 0.4) is 0 Å². The van der Waals surface area contributed by atoms with Crippen LogP contribution in [0.4, 0.5) is 4.79 Å².